The minimum atomic E-state index is 0.117. The fourth-order valence-electron chi connectivity index (χ4n) is 1.82. The summed E-state index contributed by atoms with van der Waals surface area (Å²) in [6.07, 6.45) is 6.24. The SMILES string of the molecule is CCNC(Cc1ccc(C)cn1)c1ncccn1. The minimum Gasteiger partial charge on any atom is -0.307 e. The maximum Gasteiger partial charge on any atom is 0.145 e. The molecule has 0 aliphatic carbocycles. The van der Waals surface area contributed by atoms with E-state index in [2.05, 4.69) is 39.3 Å². The summed E-state index contributed by atoms with van der Waals surface area (Å²) in [6.45, 7) is 5.01. The van der Waals surface area contributed by atoms with Crippen molar-refractivity contribution >= 4 is 0 Å². The third-order valence-corrected chi connectivity index (χ3v) is 2.73. The Morgan fingerprint density at radius 2 is 1.94 bits per heavy atom. The fourth-order valence-corrected chi connectivity index (χ4v) is 1.82. The van der Waals surface area contributed by atoms with Gasteiger partial charge in [0.1, 0.15) is 5.82 Å². The first-order chi connectivity index (χ1) is 8.79. The molecule has 2 rings (SSSR count). The molecule has 94 valence electrons. The average molecular weight is 242 g/mol. The number of nitrogens with one attached hydrogen (secondary N) is 1. The van der Waals surface area contributed by atoms with Crippen molar-refractivity contribution in [3.05, 3.63) is 53.9 Å². The first-order valence-corrected chi connectivity index (χ1v) is 6.21. The van der Waals surface area contributed by atoms with Crippen molar-refractivity contribution in [3.63, 3.8) is 0 Å². The maximum atomic E-state index is 4.43. The van der Waals surface area contributed by atoms with Crippen molar-refractivity contribution in [2.24, 2.45) is 0 Å². The molecule has 2 aromatic rings. The predicted molar refractivity (Wildman–Crippen MR) is 71.1 cm³/mol. The number of hydrogen-bond donors (Lipinski definition) is 1. The molecule has 2 aromatic heterocycles. The molecule has 0 saturated heterocycles. The van der Waals surface area contributed by atoms with Crippen molar-refractivity contribution in [1.29, 1.82) is 0 Å². The van der Waals surface area contributed by atoms with E-state index in [0.717, 1.165) is 24.5 Å². The second-order valence-corrected chi connectivity index (χ2v) is 4.25. The maximum absolute atomic E-state index is 4.43. The van der Waals surface area contributed by atoms with Crippen LogP contribution in [0.3, 0.4) is 0 Å². The van der Waals surface area contributed by atoms with E-state index in [9.17, 15) is 0 Å². The number of likely N-dealkylation sites (N-methyl/N-ethyl adjacent to an activating group) is 1. The molecule has 4 nitrogen and oxygen atoms in total. The van der Waals surface area contributed by atoms with Crippen molar-refractivity contribution < 1.29 is 0 Å². The van der Waals surface area contributed by atoms with Gasteiger partial charge in [-0.2, -0.15) is 0 Å². The summed E-state index contributed by atoms with van der Waals surface area (Å²) in [5.74, 6) is 0.821. The first kappa shape index (κ1) is 12.6. The number of aryl methyl sites for hydroxylation is 1. The van der Waals surface area contributed by atoms with E-state index in [1.807, 2.05) is 19.2 Å². The van der Waals surface area contributed by atoms with Crippen LogP contribution in [0.2, 0.25) is 0 Å². The van der Waals surface area contributed by atoms with Gasteiger partial charge in [-0.05, 0) is 31.2 Å². The molecule has 0 amide bonds. The molecular weight excluding hydrogens is 224 g/mol. The average Bonchev–Trinajstić information content (AvgIpc) is 2.42. The molecule has 0 saturated carbocycles. The highest BCUT2D eigenvalue weighted by atomic mass is 15.0. The Morgan fingerprint density at radius 3 is 2.56 bits per heavy atom. The highest BCUT2D eigenvalue weighted by Crippen LogP contribution is 2.13. The number of aromatic nitrogens is 3. The number of rotatable bonds is 5. The Kier molecular flexibility index (Phi) is 4.36. The van der Waals surface area contributed by atoms with Gasteiger partial charge in [-0.1, -0.05) is 13.0 Å². The summed E-state index contributed by atoms with van der Waals surface area (Å²) < 4.78 is 0. The largest absolute Gasteiger partial charge is 0.307 e. The molecule has 2 heterocycles. The molecule has 4 heteroatoms. The van der Waals surface area contributed by atoms with Crippen LogP contribution < -0.4 is 5.32 Å². The summed E-state index contributed by atoms with van der Waals surface area (Å²) in [5, 5.41) is 3.40. The number of hydrogen-bond acceptors (Lipinski definition) is 4. The summed E-state index contributed by atoms with van der Waals surface area (Å²) in [4.78, 5) is 13.1. The zero-order chi connectivity index (χ0) is 12.8. The number of nitrogens with zero attached hydrogens (tertiary/aromatic N) is 3. The van der Waals surface area contributed by atoms with Crippen LogP contribution in [0.25, 0.3) is 0 Å². The lowest BCUT2D eigenvalue weighted by atomic mass is 10.1. The van der Waals surface area contributed by atoms with Crippen LogP contribution in [0, 0.1) is 6.92 Å². The Hall–Kier alpha value is -1.81. The van der Waals surface area contributed by atoms with Gasteiger partial charge in [0.15, 0.2) is 0 Å². The van der Waals surface area contributed by atoms with Gasteiger partial charge in [-0.25, -0.2) is 9.97 Å². The minimum absolute atomic E-state index is 0.117. The predicted octanol–water partition coefficient (Wildman–Crippen LogP) is 2.07. The zero-order valence-corrected chi connectivity index (χ0v) is 10.8. The van der Waals surface area contributed by atoms with Crippen LogP contribution in [0.4, 0.5) is 0 Å². The van der Waals surface area contributed by atoms with Gasteiger partial charge in [0.05, 0.1) is 6.04 Å². The summed E-state index contributed by atoms with van der Waals surface area (Å²) in [6, 6.07) is 6.09. The molecule has 0 bridgehead atoms. The fraction of sp³-hybridized carbons (Fsp3) is 0.357. The van der Waals surface area contributed by atoms with E-state index < -0.39 is 0 Å². The van der Waals surface area contributed by atoms with Crippen LogP contribution >= 0.6 is 0 Å². The van der Waals surface area contributed by atoms with E-state index in [-0.39, 0.29) is 6.04 Å². The van der Waals surface area contributed by atoms with Gasteiger partial charge in [-0.15, -0.1) is 0 Å². The highest BCUT2D eigenvalue weighted by molar-refractivity contribution is 5.14. The lowest BCUT2D eigenvalue weighted by Gasteiger charge is -2.15. The van der Waals surface area contributed by atoms with Crippen LogP contribution in [-0.2, 0) is 6.42 Å². The normalized spacial score (nSPS) is 12.3. The molecule has 0 spiro atoms. The lowest BCUT2D eigenvalue weighted by molar-refractivity contribution is 0.516. The molecule has 1 unspecified atom stereocenters. The lowest BCUT2D eigenvalue weighted by Crippen LogP contribution is -2.25. The first-order valence-electron chi connectivity index (χ1n) is 6.21. The van der Waals surface area contributed by atoms with Crippen LogP contribution in [0.15, 0.2) is 36.8 Å². The molecule has 1 atom stereocenters. The second kappa shape index (κ2) is 6.21. The van der Waals surface area contributed by atoms with Gasteiger partial charge in [0.2, 0.25) is 0 Å². The molecule has 0 fully saturated rings. The van der Waals surface area contributed by atoms with Crippen molar-refractivity contribution in [2.75, 3.05) is 6.54 Å². The molecule has 1 N–H and O–H groups in total. The monoisotopic (exact) mass is 242 g/mol. The van der Waals surface area contributed by atoms with Gasteiger partial charge in [0.25, 0.3) is 0 Å². The van der Waals surface area contributed by atoms with Crippen molar-refractivity contribution in [1.82, 2.24) is 20.3 Å². The van der Waals surface area contributed by atoms with Gasteiger partial charge in [0, 0.05) is 30.7 Å². The van der Waals surface area contributed by atoms with Crippen LogP contribution in [-0.4, -0.2) is 21.5 Å². The topological polar surface area (TPSA) is 50.7 Å². The molecule has 0 aliphatic heterocycles. The summed E-state index contributed by atoms with van der Waals surface area (Å²) >= 11 is 0. The van der Waals surface area contributed by atoms with Gasteiger partial charge in [-0.3, -0.25) is 4.98 Å². The van der Waals surface area contributed by atoms with Crippen molar-refractivity contribution in [3.8, 4) is 0 Å². The second-order valence-electron chi connectivity index (χ2n) is 4.25. The van der Waals surface area contributed by atoms with Crippen LogP contribution in [0.1, 0.15) is 30.0 Å². The Morgan fingerprint density at radius 1 is 1.17 bits per heavy atom. The Balaban J connectivity index is 2.14. The molecule has 0 radical (unpaired) electrons. The van der Waals surface area contributed by atoms with E-state index in [1.54, 1.807) is 12.4 Å². The standard InChI is InChI=1S/C14H18N4/c1-3-15-13(14-16-7-4-8-17-14)9-12-6-5-11(2)10-18-12/h4-8,10,13,15H,3,9H2,1-2H3. The summed E-state index contributed by atoms with van der Waals surface area (Å²) in [5.41, 5.74) is 2.23. The Labute approximate surface area is 108 Å². The molecule has 0 aliphatic rings. The van der Waals surface area contributed by atoms with E-state index >= 15 is 0 Å². The quantitative estimate of drug-likeness (QED) is 0.872. The molecule has 0 aromatic carbocycles. The van der Waals surface area contributed by atoms with E-state index in [4.69, 9.17) is 0 Å². The molecule has 18 heavy (non-hydrogen) atoms. The van der Waals surface area contributed by atoms with Gasteiger partial charge < -0.3 is 5.32 Å². The Bertz CT molecular complexity index is 467. The van der Waals surface area contributed by atoms with E-state index in [0.29, 0.717) is 0 Å². The highest BCUT2D eigenvalue weighted by Gasteiger charge is 2.14. The van der Waals surface area contributed by atoms with Gasteiger partial charge >= 0.3 is 0 Å². The number of pyridine rings is 1. The zero-order valence-electron chi connectivity index (χ0n) is 10.8. The van der Waals surface area contributed by atoms with Crippen molar-refractivity contribution in [2.45, 2.75) is 26.3 Å². The third-order valence-electron chi connectivity index (χ3n) is 2.73. The summed E-state index contributed by atoms with van der Waals surface area (Å²) in [7, 11) is 0. The smallest absolute Gasteiger partial charge is 0.145 e. The molecular formula is C14H18N4. The van der Waals surface area contributed by atoms with Crippen LogP contribution in [0.5, 0.6) is 0 Å². The van der Waals surface area contributed by atoms with E-state index in [1.165, 1.54) is 5.56 Å². The third kappa shape index (κ3) is 3.34.